The van der Waals surface area contributed by atoms with Gasteiger partial charge >= 0.3 is 0 Å². The molecular weight excluding hydrogens is 288 g/mol. The molecule has 0 saturated carbocycles. The van der Waals surface area contributed by atoms with Crippen LogP contribution in [0.4, 0.5) is 5.82 Å². The monoisotopic (exact) mass is 300 g/mol. The summed E-state index contributed by atoms with van der Waals surface area (Å²) in [4.78, 5) is 16.7. The first kappa shape index (κ1) is 13.6. The molecule has 0 spiro atoms. The van der Waals surface area contributed by atoms with Gasteiger partial charge in [-0.05, 0) is 18.6 Å². The smallest absolute Gasteiger partial charge is 0.257 e. The highest BCUT2D eigenvalue weighted by atomic mass is 35.5. The van der Waals surface area contributed by atoms with Crippen LogP contribution in [0.3, 0.4) is 0 Å². The van der Waals surface area contributed by atoms with Crippen molar-refractivity contribution in [3.8, 4) is 0 Å². The number of pyridine rings is 1. The number of aryl methyl sites for hydroxylation is 1. The van der Waals surface area contributed by atoms with Gasteiger partial charge < -0.3 is 5.32 Å². The topological polar surface area (TPSA) is 70.7 Å². The number of aromatic nitrogens is 3. The molecule has 2 heterocycles. The van der Waals surface area contributed by atoms with Crippen molar-refractivity contribution >= 4 is 34.2 Å². The molecule has 0 atom stereocenters. The maximum atomic E-state index is 12.5. The summed E-state index contributed by atoms with van der Waals surface area (Å²) in [6, 6.07) is 8.97. The van der Waals surface area contributed by atoms with Crippen LogP contribution < -0.4 is 5.32 Å². The van der Waals surface area contributed by atoms with Gasteiger partial charge in [0.25, 0.3) is 5.91 Å². The predicted molar refractivity (Wildman–Crippen MR) is 82.7 cm³/mol. The number of nitrogens with zero attached hydrogens (tertiary/aromatic N) is 2. The van der Waals surface area contributed by atoms with E-state index in [9.17, 15) is 4.79 Å². The summed E-state index contributed by atoms with van der Waals surface area (Å²) in [7, 11) is 0. The van der Waals surface area contributed by atoms with Gasteiger partial charge in [0.05, 0.1) is 17.3 Å². The van der Waals surface area contributed by atoms with E-state index in [1.165, 1.54) is 0 Å². The van der Waals surface area contributed by atoms with Crippen LogP contribution in [0.5, 0.6) is 0 Å². The molecule has 2 N–H and O–H groups in total. The molecule has 1 amide bonds. The van der Waals surface area contributed by atoms with Crippen molar-refractivity contribution in [3.05, 3.63) is 52.8 Å². The molecule has 0 unspecified atom stereocenters. The van der Waals surface area contributed by atoms with Crippen LogP contribution in [0.25, 0.3) is 10.9 Å². The van der Waals surface area contributed by atoms with Crippen molar-refractivity contribution < 1.29 is 4.79 Å². The number of aromatic amines is 1. The normalized spacial score (nSPS) is 10.8. The average molecular weight is 301 g/mol. The van der Waals surface area contributed by atoms with E-state index >= 15 is 0 Å². The lowest BCUT2D eigenvalue weighted by molar-refractivity contribution is 0.102. The fraction of sp³-hybridized carbons (Fsp3) is 0.133. The molecule has 2 aromatic heterocycles. The number of H-pyrrole nitrogens is 1. The van der Waals surface area contributed by atoms with Gasteiger partial charge in [-0.2, -0.15) is 5.10 Å². The van der Waals surface area contributed by atoms with Gasteiger partial charge in [0.2, 0.25) is 0 Å². The van der Waals surface area contributed by atoms with E-state index < -0.39 is 0 Å². The SMILES string of the molecule is CCc1cn[nH]c1NC(=O)c1cc(Cl)nc2ccccc12. The summed E-state index contributed by atoms with van der Waals surface area (Å²) in [5.74, 6) is 0.369. The lowest BCUT2D eigenvalue weighted by Gasteiger charge is -2.08. The summed E-state index contributed by atoms with van der Waals surface area (Å²) in [5.41, 5.74) is 2.13. The second-order valence-corrected chi connectivity index (χ2v) is 4.97. The molecule has 3 rings (SSSR count). The number of amides is 1. The van der Waals surface area contributed by atoms with E-state index in [-0.39, 0.29) is 5.91 Å². The summed E-state index contributed by atoms with van der Waals surface area (Å²) < 4.78 is 0. The fourth-order valence-electron chi connectivity index (χ4n) is 2.20. The molecule has 0 aliphatic rings. The summed E-state index contributed by atoms with van der Waals surface area (Å²) in [6.45, 7) is 2.00. The Morgan fingerprint density at radius 1 is 1.38 bits per heavy atom. The third-order valence-corrected chi connectivity index (χ3v) is 3.46. The Hall–Kier alpha value is -2.40. The largest absolute Gasteiger partial charge is 0.307 e. The number of nitrogens with one attached hydrogen (secondary N) is 2. The van der Waals surface area contributed by atoms with Crippen LogP contribution in [0.1, 0.15) is 22.8 Å². The second-order valence-electron chi connectivity index (χ2n) is 4.59. The highest BCUT2D eigenvalue weighted by molar-refractivity contribution is 6.30. The van der Waals surface area contributed by atoms with Crippen molar-refractivity contribution in [1.82, 2.24) is 15.2 Å². The predicted octanol–water partition coefficient (Wildman–Crippen LogP) is 3.43. The van der Waals surface area contributed by atoms with Crippen LogP contribution in [0.15, 0.2) is 36.5 Å². The zero-order chi connectivity index (χ0) is 14.8. The maximum Gasteiger partial charge on any atom is 0.257 e. The molecule has 0 aliphatic carbocycles. The third kappa shape index (κ3) is 2.60. The molecule has 1 aromatic carbocycles. The van der Waals surface area contributed by atoms with E-state index in [0.29, 0.717) is 22.1 Å². The van der Waals surface area contributed by atoms with Crippen LogP contribution in [0.2, 0.25) is 5.15 Å². The number of hydrogen-bond acceptors (Lipinski definition) is 3. The fourth-order valence-corrected chi connectivity index (χ4v) is 2.40. The second kappa shape index (κ2) is 5.54. The molecule has 21 heavy (non-hydrogen) atoms. The van der Waals surface area contributed by atoms with E-state index in [4.69, 9.17) is 11.6 Å². The molecule has 3 aromatic rings. The molecule has 0 radical (unpaired) electrons. The van der Waals surface area contributed by atoms with Crippen LogP contribution in [-0.4, -0.2) is 21.1 Å². The van der Waals surface area contributed by atoms with Gasteiger partial charge in [0.1, 0.15) is 11.0 Å². The number of anilines is 1. The first-order chi connectivity index (χ1) is 10.2. The molecule has 0 bridgehead atoms. The molecule has 5 nitrogen and oxygen atoms in total. The Bertz CT molecular complexity index is 812. The molecule has 0 saturated heterocycles. The molecule has 106 valence electrons. The Balaban J connectivity index is 2.02. The van der Waals surface area contributed by atoms with Gasteiger partial charge in [-0.1, -0.05) is 36.7 Å². The van der Waals surface area contributed by atoms with Gasteiger partial charge in [-0.25, -0.2) is 4.98 Å². The van der Waals surface area contributed by atoms with Crippen molar-refractivity contribution in [2.24, 2.45) is 0 Å². The third-order valence-electron chi connectivity index (χ3n) is 3.27. The first-order valence-electron chi connectivity index (χ1n) is 6.58. The van der Waals surface area contributed by atoms with Gasteiger partial charge in [0, 0.05) is 10.9 Å². The van der Waals surface area contributed by atoms with Gasteiger partial charge in [-0.3, -0.25) is 9.89 Å². The number of carbonyl (C=O) groups excluding carboxylic acids is 1. The number of fused-ring (bicyclic) bond motifs is 1. The highest BCUT2D eigenvalue weighted by Gasteiger charge is 2.14. The van der Waals surface area contributed by atoms with E-state index in [1.807, 2.05) is 31.2 Å². The minimum atomic E-state index is -0.241. The van der Waals surface area contributed by atoms with Crippen molar-refractivity contribution in [1.29, 1.82) is 0 Å². The summed E-state index contributed by atoms with van der Waals surface area (Å²) in [5, 5.41) is 10.6. The molecule has 0 fully saturated rings. The van der Waals surface area contributed by atoms with Crippen molar-refractivity contribution in [2.75, 3.05) is 5.32 Å². The Kier molecular flexibility index (Phi) is 3.58. The van der Waals surface area contributed by atoms with E-state index in [1.54, 1.807) is 12.3 Å². The highest BCUT2D eigenvalue weighted by Crippen LogP contribution is 2.22. The quantitative estimate of drug-likeness (QED) is 0.728. The lowest BCUT2D eigenvalue weighted by Crippen LogP contribution is -2.14. The maximum absolute atomic E-state index is 12.5. The average Bonchev–Trinajstić information content (AvgIpc) is 2.93. The standard InChI is InChI=1S/C15H13ClN4O/c1-2-9-8-17-20-14(9)19-15(21)11-7-13(16)18-12-6-4-3-5-10(11)12/h3-8H,2H2,1H3,(H2,17,19,20,21). The number of carbonyl (C=O) groups is 1. The minimum Gasteiger partial charge on any atom is -0.307 e. The van der Waals surface area contributed by atoms with Crippen molar-refractivity contribution in [3.63, 3.8) is 0 Å². The molecular formula is C15H13ClN4O. The zero-order valence-corrected chi connectivity index (χ0v) is 12.1. The van der Waals surface area contributed by atoms with E-state index in [0.717, 1.165) is 17.4 Å². The Morgan fingerprint density at radius 3 is 3.00 bits per heavy atom. The Labute approximate surface area is 126 Å². The van der Waals surface area contributed by atoms with Crippen LogP contribution >= 0.6 is 11.6 Å². The van der Waals surface area contributed by atoms with Crippen molar-refractivity contribution in [2.45, 2.75) is 13.3 Å². The van der Waals surface area contributed by atoms with Crippen LogP contribution in [-0.2, 0) is 6.42 Å². The first-order valence-corrected chi connectivity index (χ1v) is 6.95. The number of halogens is 1. The molecule has 6 heteroatoms. The lowest BCUT2D eigenvalue weighted by atomic mass is 10.1. The number of para-hydroxylation sites is 1. The van der Waals surface area contributed by atoms with Gasteiger partial charge in [0.15, 0.2) is 0 Å². The summed E-state index contributed by atoms with van der Waals surface area (Å²) >= 11 is 6.00. The zero-order valence-electron chi connectivity index (χ0n) is 11.4. The Morgan fingerprint density at radius 2 is 2.19 bits per heavy atom. The molecule has 0 aliphatic heterocycles. The van der Waals surface area contributed by atoms with Gasteiger partial charge in [-0.15, -0.1) is 0 Å². The number of hydrogen-bond donors (Lipinski definition) is 2. The van der Waals surface area contributed by atoms with E-state index in [2.05, 4.69) is 20.5 Å². The minimum absolute atomic E-state index is 0.241. The number of rotatable bonds is 3. The number of benzene rings is 1. The summed E-state index contributed by atoms with van der Waals surface area (Å²) in [6.07, 6.45) is 2.48. The van der Waals surface area contributed by atoms with Crippen LogP contribution in [0, 0.1) is 0 Å².